The molecule has 0 aromatic carbocycles. The molecule has 0 aliphatic carbocycles. The fourth-order valence-corrected chi connectivity index (χ4v) is 2.98. The van der Waals surface area contributed by atoms with Crippen molar-refractivity contribution in [3.8, 4) is 0 Å². The van der Waals surface area contributed by atoms with Crippen LogP contribution in [0.25, 0.3) is 0 Å². The Bertz CT molecular complexity index is 372. The minimum Gasteiger partial charge on any atom is -0.383 e. The Labute approximate surface area is 96.4 Å². The van der Waals surface area contributed by atoms with Crippen molar-refractivity contribution >= 4 is 0 Å². The van der Waals surface area contributed by atoms with E-state index in [4.69, 9.17) is 4.74 Å². The molecule has 3 heterocycles. The summed E-state index contributed by atoms with van der Waals surface area (Å²) in [6, 6.07) is 0. The van der Waals surface area contributed by atoms with Gasteiger partial charge in [-0.1, -0.05) is 6.92 Å². The molecule has 0 aromatic rings. The van der Waals surface area contributed by atoms with Gasteiger partial charge in [0.05, 0.1) is 13.2 Å². The molecule has 0 aromatic heterocycles. The Morgan fingerprint density at radius 3 is 3.25 bits per heavy atom. The van der Waals surface area contributed by atoms with E-state index in [0.29, 0.717) is 13.2 Å². The van der Waals surface area contributed by atoms with E-state index in [0.717, 1.165) is 31.5 Å². The Morgan fingerprint density at radius 2 is 2.44 bits per heavy atom. The highest BCUT2D eigenvalue weighted by Crippen LogP contribution is 2.37. The summed E-state index contributed by atoms with van der Waals surface area (Å²) in [7, 11) is 0. The fraction of sp³-hybridized carbons (Fsp3) is 0.692. The average molecular weight is 221 g/mol. The third-order valence-corrected chi connectivity index (χ3v) is 4.04. The molecule has 0 radical (unpaired) electrons. The third kappa shape index (κ3) is 1.42. The van der Waals surface area contributed by atoms with Crippen LogP contribution in [-0.4, -0.2) is 41.9 Å². The van der Waals surface area contributed by atoms with Gasteiger partial charge in [-0.15, -0.1) is 0 Å². The van der Waals surface area contributed by atoms with Crippen LogP contribution in [0.3, 0.4) is 0 Å². The number of aliphatic hydroxyl groups is 1. The summed E-state index contributed by atoms with van der Waals surface area (Å²) in [5.74, 6) is 0. The molecule has 0 bridgehead atoms. The molecule has 88 valence electrons. The van der Waals surface area contributed by atoms with E-state index in [1.165, 1.54) is 17.7 Å². The van der Waals surface area contributed by atoms with Crippen LogP contribution in [0.1, 0.15) is 26.2 Å². The number of ether oxygens (including phenoxy) is 1. The van der Waals surface area contributed by atoms with Crippen molar-refractivity contribution in [3.05, 3.63) is 22.9 Å². The molecule has 1 N–H and O–H groups in total. The molecule has 0 unspecified atom stereocenters. The summed E-state index contributed by atoms with van der Waals surface area (Å²) in [5.41, 5.74) is 3.10. The van der Waals surface area contributed by atoms with Crippen molar-refractivity contribution in [3.63, 3.8) is 0 Å². The lowest BCUT2D eigenvalue weighted by molar-refractivity contribution is -0.0315. The van der Waals surface area contributed by atoms with Crippen LogP contribution in [-0.2, 0) is 4.74 Å². The first kappa shape index (κ1) is 10.4. The third-order valence-electron chi connectivity index (χ3n) is 4.04. The van der Waals surface area contributed by atoms with Gasteiger partial charge >= 0.3 is 0 Å². The summed E-state index contributed by atoms with van der Waals surface area (Å²) < 4.78 is 5.53. The van der Waals surface area contributed by atoms with E-state index in [9.17, 15) is 5.11 Å². The van der Waals surface area contributed by atoms with Crippen LogP contribution in [0.2, 0.25) is 0 Å². The summed E-state index contributed by atoms with van der Waals surface area (Å²) >= 11 is 0. The second-order valence-corrected chi connectivity index (χ2v) is 5.06. The smallest absolute Gasteiger partial charge is 0.113 e. The molecule has 16 heavy (non-hydrogen) atoms. The van der Waals surface area contributed by atoms with Gasteiger partial charge in [-0.25, -0.2) is 0 Å². The van der Waals surface area contributed by atoms with Gasteiger partial charge in [-0.2, -0.15) is 0 Å². The van der Waals surface area contributed by atoms with Crippen LogP contribution in [0.5, 0.6) is 0 Å². The van der Waals surface area contributed by atoms with Crippen molar-refractivity contribution in [2.75, 3.05) is 26.3 Å². The first-order valence-corrected chi connectivity index (χ1v) is 6.21. The maximum atomic E-state index is 10.5. The predicted molar refractivity (Wildman–Crippen MR) is 62.0 cm³/mol. The van der Waals surface area contributed by atoms with E-state index in [1.54, 1.807) is 0 Å². The van der Waals surface area contributed by atoms with Crippen LogP contribution >= 0.6 is 0 Å². The van der Waals surface area contributed by atoms with Crippen LogP contribution in [0.15, 0.2) is 22.9 Å². The van der Waals surface area contributed by atoms with Gasteiger partial charge in [0.25, 0.3) is 0 Å². The first-order valence-electron chi connectivity index (χ1n) is 6.21. The zero-order valence-electron chi connectivity index (χ0n) is 9.83. The molecule has 1 atom stereocenters. The highest BCUT2D eigenvalue weighted by molar-refractivity contribution is 5.42. The van der Waals surface area contributed by atoms with E-state index < -0.39 is 5.60 Å². The number of nitrogens with zero attached hydrogens (tertiary/aromatic N) is 1. The normalized spacial score (nSPS) is 33.6. The number of rotatable bonds is 1. The van der Waals surface area contributed by atoms with E-state index in [1.807, 2.05) is 6.92 Å². The monoisotopic (exact) mass is 221 g/mol. The highest BCUT2D eigenvalue weighted by atomic mass is 16.5. The molecule has 0 saturated carbocycles. The quantitative estimate of drug-likeness (QED) is 0.727. The summed E-state index contributed by atoms with van der Waals surface area (Å²) in [5, 5.41) is 10.5. The van der Waals surface area contributed by atoms with E-state index in [2.05, 4.69) is 11.0 Å². The lowest BCUT2D eigenvalue weighted by Gasteiger charge is -2.39. The zero-order valence-corrected chi connectivity index (χ0v) is 9.83. The van der Waals surface area contributed by atoms with Crippen molar-refractivity contribution in [1.82, 2.24) is 4.90 Å². The number of hydrogen-bond donors (Lipinski definition) is 1. The minimum atomic E-state index is -0.741. The van der Waals surface area contributed by atoms with Gasteiger partial charge in [0.1, 0.15) is 5.60 Å². The van der Waals surface area contributed by atoms with Gasteiger partial charge in [-0.05, 0) is 36.5 Å². The average Bonchev–Trinajstić information content (AvgIpc) is 2.74. The molecule has 3 aliphatic heterocycles. The zero-order chi connectivity index (χ0) is 11.2. The summed E-state index contributed by atoms with van der Waals surface area (Å²) in [4.78, 5) is 2.42. The van der Waals surface area contributed by atoms with Crippen molar-refractivity contribution in [2.24, 2.45) is 0 Å². The van der Waals surface area contributed by atoms with Crippen LogP contribution < -0.4 is 0 Å². The Morgan fingerprint density at radius 1 is 1.56 bits per heavy atom. The van der Waals surface area contributed by atoms with E-state index >= 15 is 0 Å². The van der Waals surface area contributed by atoms with Gasteiger partial charge in [0.15, 0.2) is 0 Å². The maximum Gasteiger partial charge on any atom is 0.113 e. The standard InChI is InChI=1S/C13H19NO2/c1-2-13(15)9-16-8-10-7-14-5-3-4-11(14)6-12(10)13/h6,15H,2-5,7-9H2,1H3/t13-/m1/s1. The molecular formula is C13H19NO2. The predicted octanol–water partition coefficient (Wildman–Crippen LogP) is 1.45. The van der Waals surface area contributed by atoms with E-state index in [-0.39, 0.29) is 0 Å². The molecule has 3 aliphatic rings. The van der Waals surface area contributed by atoms with Crippen LogP contribution in [0, 0.1) is 0 Å². The summed E-state index contributed by atoms with van der Waals surface area (Å²) in [6.45, 7) is 5.29. The second kappa shape index (κ2) is 3.60. The topological polar surface area (TPSA) is 32.7 Å². The first-order chi connectivity index (χ1) is 7.73. The number of fused-ring (bicyclic) bond motifs is 1. The Hall–Kier alpha value is -0.800. The minimum absolute atomic E-state index is 0.451. The molecule has 0 spiro atoms. The summed E-state index contributed by atoms with van der Waals surface area (Å²) in [6.07, 6.45) is 5.36. The number of hydrogen-bond acceptors (Lipinski definition) is 3. The molecule has 3 heteroatoms. The largest absolute Gasteiger partial charge is 0.383 e. The second-order valence-electron chi connectivity index (χ2n) is 5.06. The Balaban J connectivity index is 2.00. The van der Waals surface area contributed by atoms with Gasteiger partial charge in [0.2, 0.25) is 0 Å². The number of allylic oxidation sites excluding steroid dienone is 1. The van der Waals surface area contributed by atoms with Crippen molar-refractivity contribution < 1.29 is 9.84 Å². The molecule has 3 rings (SSSR count). The molecule has 1 fully saturated rings. The molecule has 0 amide bonds. The van der Waals surface area contributed by atoms with Gasteiger partial charge in [0, 0.05) is 18.8 Å². The molecule has 1 saturated heterocycles. The maximum absolute atomic E-state index is 10.5. The van der Waals surface area contributed by atoms with Crippen molar-refractivity contribution in [1.29, 1.82) is 0 Å². The van der Waals surface area contributed by atoms with Gasteiger partial charge < -0.3 is 14.7 Å². The SMILES string of the molecule is CC[C@@]1(O)COCC2=C1C=C1CCCN1C2. The van der Waals surface area contributed by atoms with Crippen LogP contribution in [0.4, 0.5) is 0 Å². The highest BCUT2D eigenvalue weighted by Gasteiger charge is 2.38. The lowest BCUT2D eigenvalue weighted by atomic mass is 9.84. The van der Waals surface area contributed by atoms with Crippen molar-refractivity contribution in [2.45, 2.75) is 31.8 Å². The van der Waals surface area contributed by atoms with Gasteiger partial charge in [-0.3, -0.25) is 0 Å². The lowest BCUT2D eigenvalue weighted by Crippen LogP contribution is -2.44. The molecular weight excluding hydrogens is 202 g/mol. The fourth-order valence-electron chi connectivity index (χ4n) is 2.98. The molecule has 3 nitrogen and oxygen atoms in total. The Kier molecular flexibility index (Phi) is 2.33.